The number of aliphatic hydroxyl groups is 1. The average molecular weight is 227 g/mol. The number of aromatic nitrogens is 1. The summed E-state index contributed by atoms with van der Waals surface area (Å²) in [7, 11) is 0. The number of hydrogen-bond acceptors (Lipinski definition) is 5. The van der Waals surface area contributed by atoms with Gasteiger partial charge in [0.05, 0.1) is 11.8 Å². The minimum absolute atomic E-state index is 0.516. The van der Waals surface area contributed by atoms with Gasteiger partial charge in [0.1, 0.15) is 5.00 Å². The molecule has 3 N–H and O–H groups in total. The first-order valence-electron chi connectivity index (χ1n) is 5.25. The Kier molecular flexibility index (Phi) is 2.84. The lowest BCUT2D eigenvalue weighted by Gasteiger charge is -2.21. The summed E-state index contributed by atoms with van der Waals surface area (Å²) >= 11 is 1.51. The fourth-order valence-corrected chi connectivity index (χ4v) is 2.61. The van der Waals surface area contributed by atoms with Gasteiger partial charge in [0.25, 0.3) is 0 Å². The van der Waals surface area contributed by atoms with Gasteiger partial charge in [-0.2, -0.15) is 0 Å². The lowest BCUT2D eigenvalue weighted by Crippen LogP contribution is -2.28. The Hall–Kier alpha value is -0.810. The van der Waals surface area contributed by atoms with Crippen molar-refractivity contribution in [3.05, 3.63) is 6.20 Å². The molecule has 1 aliphatic rings. The van der Waals surface area contributed by atoms with Crippen LogP contribution >= 0.6 is 11.3 Å². The minimum Gasteiger partial charge on any atom is -0.390 e. The Bertz CT molecular complexity index is 337. The number of nitrogens with two attached hydrogens (primary N) is 1. The van der Waals surface area contributed by atoms with Crippen LogP contribution in [-0.2, 0) is 0 Å². The van der Waals surface area contributed by atoms with Gasteiger partial charge < -0.3 is 15.7 Å². The van der Waals surface area contributed by atoms with E-state index in [1.807, 2.05) is 6.92 Å². The molecule has 2 heterocycles. The van der Waals surface area contributed by atoms with E-state index in [1.54, 1.807) is 6.20 Å². The van der Waals surface area contributed by atoms with Gasteiger partial charge in [-0.1, -0.05) is 11.3 Å². The second-order valence-corrected chi connectivity index (χ2v) is 5.42. The maximum absolute atomic E-state index is 9.96. The molecule has 1 fully saturated rings. The first-order chi connectivity index (χ1) is 7.07. The molecule has 84 valence electrons. The molecule has 15 heavy (non-hydrogen) atoms. The molecule has 4 nitrogen and oxygen atoms in total. The fourth-order valence-electron chi connectivity index (χ4n) is 1.88. The molecule has 0 saturated carbocycles. The van der Waals surface area contributed by atoms with Crippen molar-refractivity contribution in [1.82, 2.24) is 4.98 Å². The molecular weight excluding hydrogens is 210 g/mol. The Morgan fingerprint density at radius 3 is 3.00 bits per heavy atom. The zero-order valence-electron chi connectivity index (χ0n) is 8.94. The van der Waals surface area contributed by atoms with Crippen LogP contribution in [0.4, 0.5) is 10.1 Å². The smallest absolute Gasteiger partial charge is 0.187 e. The molecule has 5 heteroatoms. The number of nitrogens with zero attached hydrogens (tertiary/aromatic N) is 2. The quantitative estimate of drug-likeness (QED) is 0.762. The highest BCUT2D eigenvalue weighted by atomic mass is 32.1. The van der Waals surface area contributed by atoms with Crippen LogP contribution < -0.4 is 10.6 Å². The molecule has 0 amide bonds. The predicted molar refractivity (Wildman–Crippen MR) is 63.2 cm³/mol. The standard InChI is InChI=1S/C10H17N3OS/c1-10(14)3-2-5-13(6-4-10)9-12-7-8(11)15-9/h7,14H,2-6,11H2,1H3. The van der Waals surface area contributed by atoms with Gasteiger partial charge in [-0.05, 0) is 26.2 Å². The number of thiazole rings is 1. The van der Waals surface area contributed by atoms with Crippen LogP contribution in [0.3, 0.4) is 0 Å². The van der Waals surface area contributed by atoms with Crippen LogP contribution in [0.15, 0.2) is 6.20 Å². The summed E-state index contributed by atoms with van der Waals surface area (Å²) in [6.07, 6.45) is 4.37. The third kappa shape index (κ3) is 2.60. The van der Waals surface area contributed by atoms with E-state index in [0.717, 1.165) is 42.5 Å². The zero-order chi connectivity index (χ0) is 10.9. The van der Waals surface area contributed by atoms with Gasteiger partial charge in [0, 0.05) is 13.1 Å². The van der Waals surface area contributed by atoms with Crippen molar-refractivity contribution in [3.8, 4) is 0 Å². The largest absolute Gasteiger partial charge is 0.390 e. The Morgan fingerprint density at radius 1 is 1.53 bits per heavy atom. The molecule has 0 aromatic carbocycles. The number of nitrogen functional groups attached to an aromatic ring is 1. The SMILES string of the molecule is CC1(O)CCCN(c2ncc(N)s2)CC1. The predicted octanol–water partition coefficient (Wildman–Crippen LogP) is 1.47. The van der Waals surface area contributed by atoms with E-state index in [2.05, 4.69) is 9.88 Å². The van der Waals surface area contributed by atoms with E-state index in [9.17, 15) is 5.11 Å². The summed E-state index contributed by atoms with van der Waals surface area (Å²) in [6, 6.07) is 0. The summed E-state index contributed by atoms with van der Waals surface area (Å²) in [6.45, 7) is 3.73. The van der Waals surface area contributed by atoms with Crippen LogP contribution in [0.1, 0.15) is 26.2 Å². The molecule has 1 unspecified atom stereocenters. The molecule has 2 rings (SSSR count). The summed E-state index contributed by atoms with van der Waals surface area (Å²) in [5.41, 5.74) is 5.14. The minimum atomic E-state index is -0.516. The number of anilines is 2. The van der Waals surface area contributed by atoms with Crippen LogP contribution in [0.25, 0.3) is 0 Å². The summed E-state index contributed by atoms with van der Waals surface area (Å²) < 4.78 is 0. The van der Waals surface area contributed by atoms with E-state index in [-0.39, 0.29) is 0 Å². The lowest BCUT2D eigenvalue weighted by atomic mass is 9.98. The van der Waals surface area contributed by atoms with Gasteiger partial charge in [-0.15, -0.1) is 0 Å². The molecule has 1 saturated heterocycles. The highest BCUT2D eigenvalue weighted by Crippen LogP contribution is 2.28. The number of hydrogen-bond donors (Lipinski definition) is 2. The highest BCUT2D eigenvalue weighted by Gasteiger charge is 2.25. The molecule has 0 bridgehead atoms. The van der Waals surface area contributed by atoms with Crippen molar-refractivity contribution >= 4 is 21.5 Å². The van der Waals surface area contributed by atoms with Crippen molar-refractivity contribution in [2.45, 2.75) is 31.8 Å². The van der Waals surface area contributed by atoms with Gasteiger partial charge in [0.15, 0.2) is 5.13 Å². The van der Waals surface area contributed by atoms with Crippen LogP contribution in [0.5, 0.6) is 0 Å². The normalized spacial score (nSPS) is 27.7. The topological polar surface area (TPSA) is 62.4 Å². The van der Waals surface area contributed by atoms with E-state index in [1.165, 1.54) is 11.3 Å². The second-order valence-electron chi connectivity index (χ2n) is 4.38. The lowest BCUT2D eigenvalue weighted by molar-refractivity contribution is 0.0481. The molecular formula is C10H17N3OS. The van der Waals surface area contributed by atoms with Crippen LogP contribution in [0.2, 0.25) is 0 Å². The fraction of sp³-hybridized carbons (Fsp3) is 0.700. The zero-order valence-corrected chi connectivity index (χ0v) is 9.76. The van der Waals surface area contributed by atoms with Crippen molar-refractivity contribution in [2.24, 2.45) is 0 Å². The molecule has 1 aromatic rings. The van der Waals surface area contributed by atoms with E-state index < -0.39 is 5.60 Å². The van der Waals surface area contributed by atoms with Gasteiger partial charge in [0.2, 0.25) is 0 Å². The van der Waals surface area contributed by atoms with Crippen LogP contribution in [0, 0.1) is 0 Å². The highest BCUT2D eigenvalue weighted by molar-refractivity contribution is 7.19. The monoisotopic (exact) mass is 227 g/mol. The molecule has 1 aromatic heterocycles. The second kappa shape index (κ2) is 3.98. The first kappa shape index (κ1) is 10.7. The Labute approximate surface area is 93.7 Å². The van der Waals surface area contributed by atoms with Crippen molar-refractivity contribution in [1.29, 1.82) is 0 Å². The van der Waals surface area contributed by atoms with Crippen molar-refractivity contribution in [2.75, 3.05) is 23.7 Å². The van der Waals surface area contributed by atoms with Crippen molar-refractivity contribution < 1.29 is 5.11 Å². The number of rotatable bonds is 1. The average Bonchev–Trinajstić information content (AvgIpc) is 2.49. The third-order valence-electron chi connectivity index (χ3n) is 2.85. The van der Waals surface area contributed by atoms with E-state index in [0.29, 0.717) is 0 Å². The van der Waals surface area contributed by atoms with Gasteiger partial charge in [-0.3, -0.25) is 0 Å². The Morgan fingerprint density at radius 2 is 2.33 bits per heavy atom. The molecule has 0 aliphatic carbocycles. The molecule has 1 atom stereocenters. The summed E-state index contributed by atoms with van der Waals surface area (Å²) in [5, 5.41) is 11.7. The molecule has 0 radical (unpaired) electrons. The summed E-state index contributed by atoms with van der Waals surface area (Å²) in [4.78, 5) is 6.48. The Balaban J connectivity index is 2.05. The van der Waals surface area contributed by atoms with Gasteiger partial charge in [-0.25, -0.2) is 4.98 Å². The maximum Gasteiger partial charge on any atom is 0.187 e. The van der Waals surface area contributed by atoms with E-state index >= 15 is 0 Å². The van der Waals surface area contributed by atoms with Gasteiger partial charge >= 0.3 is 0 Å². The van der Waals surface area contributed by atoms with Crippen LogP contribution in [-0.4, -0.2) is 28.8 Å². The van der Waals surface area contributed by atoms with E-state index in [4.69, 9.17) is 5.73 Å². The third-order valence-corrected chi connectivity index (χ3v) is 3.73. The molecule has 0 spiro atoms. The van der Waals surface area contributed by atoms with Crippen molar-refractivity contribution in [3.63, 3.8) is 0 Å². The maximum atomic E-state index is 9.96. The molecule has 1 aliphatic heterocycles. The first-order valence-corrected chi connectivity index (χ1v) is 6.07. The summed E-state index contributed by atoms with van der Waals surface area (Å²) in [5.74, 6) is 0.